The fraction of sp³-hybridized carbons (Fsp3) is 0.959. The van der Waals surface area contributed by atoms with Gasteiger partial charge in [0, 0.05) is 0 Å². The molecule has 7 saturated heterocycles. The average molecular weight is 1290 g/mol. The molecule has 88 heavy (non-hydrogen) atoms. The first kappa shape index (κ1) is 72.0. The summed E-state index contributed by atoms with van der Waals surface area (Å²) in [4.78, 5) is 0. The minimum Gasteiger partial charge on any atom is -0.394 e. The van der Waals surface area contributed by atoms with Crippen molar-refractivity contribution >= 4 is 0 Å². The Balaban J connectivity index is 0.849. The molecule has 0 aromatic heterocycles. The Morgan fingerprint density at radius 2 is 0.591 bits per heavy atom. The third-order valence-corrected chi connectivity index (χ3v) is 16.9. The van der Waals surface area contributed by atoms with Gasteiger partial charge in [0.15, 0.2) is 44.0 Å². The molecule has 39 nitrogen and oxygen atoms in total. The lowest BCUT2D eigenvalue weighted by Crippen LogP contribution is -2.69. The third kappa shape index (κ3) is 14.5. The Morgan fingerprint density at radius 3 is 0.920 bits per heavy atom. The Hall–Kier alpha value is -1.82. The molecule has 0 radical (unpaired) electrons. The van der Waals surface area contributed by atoms with Gasteiger partial charge in [0.05, 0.1) is 64.4 Å². The molecule has 7 aliphatic heterocycles. The number of aliphatic hydroxyl groups excluding tert-OH is 25. The monoisotopic (exact) mass is 1290 g/mol. The van der Waals surface area contributed by atoms with Gasteiger partial charge >= 0.3 is 0 Å². The molecule has 0 amide bonds. The Kier molecular flexibility index (Phi) is 25.1. The van der Waals surface area contributed by atoms with E-state index < -0.39 is 285 Å². The van der Waals surface area contributed by atoms with Gasteiger partial charge in [-0.3, -0.25) is 0 Å². The summed E-state index contributed by atoms with van der Waals surface area (Å²) < 4.78 is 72.8. The van der Waals surface area contributed by atoms with E-state index in [1.165, 1.54) is 6.92 Å². The van der Waals surface area contributed by atoms with Crippen molar-refractivity contribution in [3.05, 3.63) is 11.6 Å². The van der Waals surface area contributed by atoms with Crippen molar-refractivity contribution in [2.24, 2.45) is 0 Å². The van der Waals surface area contributed by atoms with Crippen LogP contribution in [-0.2, 0) is 61.6 Å². The van der Waals surface area contributed by atoms with E-state index in [-0.39, 0.29) is 5.57 Å². The van der Waals surface area contributed by atoms with Gasteiger partial charge in [-0.1, -0.05) is 6.08 Å². The molecule has 7 fully saturated rings. The van der Waals surface area contributed by atoms with E-state index in [4.69, 9.17) is 61.6 Å². The van der Waals surface area contributed by atoms with Crippen molar-refractivity contribution in [2.75, 3.05) is 46.2 Å². The van der Waals surface area contributed by atoms with Crippen LogP contribution in [0.5, 0.6) is 0 Å². The summed E-state index contributed by atoms with van der Waals surface area (Å²) in [6, 6.07) is -2.76. The van der Waals surface area contributed by atoms with Gasteiger partial charge in [0.1, 0.15) is 177 Å². The molecule has 7 heterocycles. The largest absolute Gasteiger partial charge is 0.394 e. The summed E-state index contributed by atoms with van der Waals surface area (Å²) in [7, 11) is 0. The molecule has 8 rings (SSSR count). The zero-order valence-electron chi connectivity index (χ0n) is 46.5. The first-order valence-corrected chi connectivity index (χ1v) is 28.2. The predicted octanol–water partition coefficient (Wildman–Crippen LogP) is -17.3. The quantitative estimate of drug-likeness (QED) is 0.0475. The Labute approximate surface area is 497 Å². The van der Waals surface area contributed by atoms with Crippen molar-refractivity contribution in [1.82, 2.24) is 5.32 Å². The molecule has 0 bridgehead atoms. The van der Waals surface area contributed by atoms with E-state index in [1.807, 2.05) is 0 Å². The summed E-state index contributed by atoms with van der Waals surface area (Å²) in [5.74, 6) is 0. The van der Waals surface area contributed by atoms with E-state index >= 15 is 0 Å². The highest BCUT2D eigenvalue weighted by Crippen LogP contribution is 2.38. The van der Waals surface area contributed by atoms with E-state index in [9.17, 15) is 128 Å². The summed E-state index contributed by atoms with van der Waals surface area (Å²) in [6.45, 7) is -5.22. The zero-order valence-corrected chi connectivity index (χ0v) is 46.5. The number of ether oxygens (including phenoxy) is 13. The molecule has 39 atom stereocenters. The minimum atomic E-state index is -2.19. The van der Waals surface area contributed by atoms with Crippen molar-refractivity contribution in [3.8, 4) is 0 Å². The number of hydrogen-bond acceptors (Lipinski definition) is 39. The molecule has 0 unspecified atom stereocenters. The van der Waals surface area contributed by atoms with Crippen molar-refractivity contribution < 1.29 is 189 Å². The molecule has 1 aliphatic carbocycles. The van der Waals surface area contributed by atoms with Crippen molar-refractivity contribution in [2.45, 2.75) is 246 Å². The Bertz CT molecular complexity index is 2180. The molecule has 8 aliphatic rings. The van der Waals surface area contributed by atoms with Gasteiger partial charge in [-0.25, -0.2) is 0 Å². The van der Waals surface area contributed by atoms with Gasteiger partial charge < -0.3 is 195 Å². The Morgan fingerprint density at radius 1 is 0.307 bits per heavy atom. The molecule has 0 aromatic rings. The van der Waals surface area contributed by atoms with Crippen molar-refractivity contribution in [3.63, 3.8) is 0 Å². The smallest absolute Gasteiger partial charge is 0.189 e. The first-order chi connectivity index (χ1) is 41.7. The van der Waals surface area contributed by atoms with Crippen LogP contribution < -0.4 is 5.32 Å². The fourth-order valence-electron chi connectivity index (χ4n) is 11.7. The predicted molar refractivity (Wildman–Crippen MR) is 268 cm³/mol. The van der Waals surface area contributed by atoms with Crippen LogP contribution >= 0.6 is 0 Å². The molecule has 0 spiro atoms. The first-order valence-electron chi connectivity index (χ1n) is 28.2. The van der Waals surface area contributed by atoms with E-state index in [1.54, 1.807) is 0 Å². The number of rotatable bonds is 21. The molecular weight excluding hydrogens is 1210 g/mol. The van der Waals surface area contributed by atoms with Crippen LogP contribution in [0.4, 0.5) is 0 Å². The fourth-order valence-corrected chi connectivity index (χ4v) is 11.7. The topological polar surface area (TPSA) is 638 Å². The number of nitrogens with one attached hydrogen (secondary N) is 1. The van der Waals surface area contributed by atoms with Crippen LogP contribution in [0.2, 0.25) is 0 Å². The van der Waals surface area contributed by atoms with Crippen LogP contribution in [0.15, 0.2) is 11.6 Å². The maximum absolute atomic E-state index is 11.5. The second-order valence-corrected chi connectivity index (χ2v) is 22.6. The van der Waals surface area contributed by atoms with Crippen molar-refractivity contribution in [1.29, 1.82) is 0 Å². The highest BCUT2D eigenvalue weighted by molar-refractivity contribution is 5.23. The summed E-state index contributed by atoms with van der Waals surface area (Å²) in [5, 5.41) is 270. The number of hydrogen-bond donors (Lipinski definition) is 26. The number of aliphatic hydroxyl groups is 25. The lowest BCUT2D eigenvalue weighted by atomic mass is 9.86. The normalized spacial score (nSPS) is 53.2. The van der Waals surface area contributed by atoms with E-state index in [0.717, 1.165) is 6.08 Å². The maximum atomic E-state index is 11.5. The highest BCUT2D eigenvalue weighted by Gasteiger charge is 2.58. The highest BCUT2D eigenvalue weighted by atomic mass is 16.8. The standard InChI is InChI=1S/C49H83NO38/c1-10-19(50-12-2-11(3-51)38(26(64)20(12)58)83-45-34(72)27(65)40(16(7-55)79-45)85-44-32(70)24(62)21(59)13(4-52)77-44)23(61)31(69)43(76-10)84-39-15(6-54)80-46(35(73)28(39)66)86-41-17(8-56)81-47(36(74)29(41)67)87-42-18(9-57)82-49(37(75)30(42)68)88-48-33(71)25(63)22(60)14(5-53)78-48/h2,10,12-75H,3-9H2,1H3/t10-,12-,13-,14-,15-,16-,17+,18+,19-,20+,21-,22-,23-,24-,25-,26-,27+,28+,29-,30-,31+,32+,33+,34+,35+,36-,37-,38+,39-,40-,41+,42+,43-,44-,45-,46-,47+,48-,49+/m0/s1. The molecule has 39 heteroatoms. The van der Waals surface area contributed by atoms with Crippen LogP contribution in [0.25, 0.3) is 0 Å². The van der Waals surface area contributed by atoms with Gasteiger partial charge in [-0.2, -0.15) is 0 Å². The third-order valence-electron chi connectivity index (χ3n) is 16.9. The lowest BCUT2D eigenvalue weighted by molar-refractivity contribution is -0.399. The SMILES string of the molecule is C[C@@H]1O[C@@H](O[C@@H]2[C@H](O)[C@@H](O)[C@H](O[C@H]3[C@@H](O)[C@H](O)[C@@H](O[C@H]4[C@@H](O)[C@H](O)[C@@H](O[C@@H]5O[C@@H](CO)[C@H](O)[C@H](O)[C@H]5O)O[C@@H]4CO)O[C@@H]3CO)O[C@H]2CO)[C@H](O)[C@@H](O)[C@H]1N[C@H]1C=C(CO)[C@@H](O[C@@H]2O[C@@H](CO)[C@H](O[C@@H]3O[C@@H](CO)[C@H](O)[C@H](O)[C@H]3O)[C@H](O)[C@H]2O)[C@@H](O)[C@@H]1O. The zero-order chi connectivity index (χ0) is 64.7. The van der Waals surface area contributed by atoms with E-state index in [0.29, 0.717) is 0 Å². The van der Waals surface area contributed by atoms with Crippen LogP contribution in [0.3, 0.4) is 0 Å². The lowest BCUT2D eigenvalue weighted by Gasteiger charge is -2.49. The van der Waals surface area contributed by atoms with Gasteiger partial charge in [0.2, 0.25) is 0 Å². The second kappa shape index (κ2) is 30.7. The molecular formula is C49H83NO38. The molecule has 0 saturated carbocycles. The van der Waals surface area contributed by atoms with Crippen LogP contribution in [0.1, 0.15) is 6.92 Å². The summed E-state index contributed by atoms with van der Waals surface area (Å²) in [6.07, 6.45) is -68.2. The van der Waals surface area contributed by atoms with Gasteiger partial charge in [-0.05, 0) is 12.5 Å². The average Bonchev–Trinajstić information content (AvgIpc) is 3.12. The summed E-state index contributed by atoms with van der Waals surface area (Å²) in [5.41, 5.74) is -0.178. The van der Waals surface area contributed by atoms with Crippen LogP contribution in [0, 0.1) is 0 Å². The summed E-state index contributed by atoms with van der Waals surface area (Å²) >= 11 is 0. The van der Waals surface area contributed by atoms with Gasteiger partial charge in [0.25, 0.3) is 0 Å². The molecule has 26 N–H and O–H groups in total. The maximum Gasteiger partial charge on any atom is 0.189 e. The second-order valence-electron chi connectivity index (χ2n) is 22.6. The van der Waals surface area contributed by atoms with Gasteiger partial charge in [-0.15, -0.1) is 0 Å². The molecule has 512 valence electrons. The molecule has 0 aromatic carbocycles. The van der Waals surface area contributed by atoms with Crippen LogP contribution in [-0.4, -0.2) is 413 Å². The minimum absolute atomic E-state index is 0.178. The van der Waals surface area contributed by atoms with E-state index in [2.05, 4.69) is 5.32 Å².